The van der Waals surface area contributed by atoms with E-state index in [1.54, 1.807) is 11.0 Å². The van der Waals surface area contributed by atoms with E-state index in [1.165, 1.54) is 12.8 Å². The number of aromatic nitrogens is 1. The fraction of sp³-hybridized carbons (Fsp3) is 0.600. The van der Waals surface area contributed by atoms with Gasteiger partial charge in [0.1, 0.15) is 11.2 Å². The lowest BCUT2D eigenvalue weighted by molar-refractivity contribution is -0.120. The van der Waals surface area contributed by atoms with Crippen molar-refractivity contribution in [2.45, 2.75) is 51.1 Å². The number of likely N-dealkylation sites (N-methyl/N-ethyl adjacent to an activating group) is 1. The summed E-state index contributed by atoms with van der Waals surface area (Å²) in [5.41, 5.74) is 0.871. The summed E-state index contributed by atoms with van der Waals surface area (Å²) in [6, 6.07) is 3.96. The van der Waals surface area contributed by atoms with Crippen molar-refractivity contribution in [1.82, 2.24) is 4.98 Å². The van der Waals surface area contributed by atoms with Gasteiger partial charge in [0.25, 0.3) is 0 Å². The number of rotatable bonds is 2. The lowest BCUT2D eigenvalue weighted by Gasteiger charge is -2.43. The number of hydrogen-bond donors (Lipinski definition) is 0. The van der Waals surface area contributed by atoms with Crippen LogP contribution in [-0.2, 0) is 4.79 Å². The average Bonchev–Trinajstić information content (AvgIpc) is 2.96. The van der Waals surface area contributed by atoms with Crippen molar-refractivity contribution < 1.29 is 4.79 Å². The van der Waals surface area contributed by atoms with Crippen LogP contribution in [0.25, 0.3) is 0 Å². The van der Waals surface area contributed by atoms with Crippen LogP contribution in [0, 0.1) is 0 Å². The number of carbonyl (C=O) groups is 1. The molecule has 4 nitrogen and oxygen atoms in total. The van der Waals surface area contributed by atoms with Crippen LogP contribution < -0.4 is 9.80 Å². The van der Waals surface area contributed by atoms with E-state index in [9.17, 15) is 4.79 Å². The zero-order chi connectivity index (χ0) is 14.3. The van der Waals surface area contributed by atoms with Crippen molar-refractivity contribution in [3.8, 4) is 0 Å². The Morgan fingerprint density at radius 3 is 2.70 bits per heavy atom. The number of carbonyl (C=O) groups excluding carboxylic acids is 1. The van der Waals surface area contributed by atoms with Crippen LogP contribution in [0.2, 0.25) is 5.15 Å². The van der Waals surface area contributed by atoms with Gasteiger partial charge in [-0.1, -0.05) is 31.4 Å². The Morgan fingerprint density at radius 2 is 2.05 bits per heavy atom. The second-order valence-electron chi connectivity index (χ2n) is 5.64. The molecule has 5 heteroatoms. The molecule has 1 aliphatic heterocycles. The van der Waals surface area contributed by atoms with Crippen LogP contribution in [0.15, 0.2) is 12.1 Å². The van der Waals surface area contributed by atoms with Crippen molar-refractivity contribution in [2.75, 3.05) is 16.8 Å². The molecule has 0 radical (unpaired) electrons. The van der Waals surface area contributed by atoms with Crippen LogP contribution in [-0.4, -0.2) is 30.0 Å². The second kappa shape index (κ2) is 5.24. The SMILES string of the molecule is CC[C@@H]1C(=O)N(C)c2ccc(Cl)nc2N1C1CCCC1. The molecule has 0 spiro atoms. The van der Waals surface area contributed by atoms with Crippen LogP contribution in [0.5, 0.6) is 0 Å². The summed E-state index contributed by atoms with van der Waals surface area (Å²) in [4.78, 5) is 21.1. The van der Waals surface area contributed by atoms with E-state index in [-0.39, 0.29) is 11.9 Å². The van der Waals surface area contributed by atoms with E-state index in [4.69, 9.17) is 11.6 Å². The van der Waals surface area contributed by atoms with Gasteiger partial charge in [-0.05, 0) is 31.4 Å². The monoisotopic (exact) mass is 293 g/mol. The van der Waals surface area contributed by atoms with Crippen LogP contribution in [0.3, 0.4) is 0 Å². The van der Waals surface area contributed by atoms with Gasteiger partial charge in [0, 0.05) is 13.1 Å². The van der Waals surface area contributed by atoms with Crippen LogP contribution >= 0.6 is 11.6 Å². The summed E-state index contributed by atoms with van der Waals surface area (Å²) in [6.45, 7) is 2.06. The van der Waals surface area contributed by atoms with Crippen molar-refractivity contribution in [3.63, 3.8) is 0 Å². The molecular formula is C15H20ClN3O. The Morgan fingerprint density at radius 1 is 1.35 bits per heavy atom. The molecule has 0 saturated heterocycles. The largest absolute Gasteiger partial charge is 0.340 e. The average molecular weight is 294 g/mol. The lowest BCUT2D eigenvalue weighted by Crippen LogP contribution is -2.55. The molecule has 108 valence electrons. The van der Waals surface area contributed by atoms with E-state index in [1.807, 2.05) is 13.1 Å². The first kappa shape index (κ1) is 13.7. The molecule has 1 aliphatic carbocycles. The predicted octanol–water partition coefficient (Wildman–Crippen LogP) is 3.24. The second-order valence-corrected chi connectivity index (χ2v) is 6.03. The summed E-state index contributed by atoms with van der Waals surface area (Å²) in [6.07, 6.45) is 5.55. The third-order valence-electron chi connectivity index (χ3n) is 4.48. The summed E-state index contributed by atoms with van der Waals surface area (Å²) in [7, 11) is 1.82. The van der Waals surface area contributed by atoms with Crippen molar-refractivity contribution in [3.05, 3.63) is 17.3 Å². The minimum Gasteiger partial charge on any atom is -0.340 e. The van der Waals surface area contributed by atoms with Crippen molar-refractivity contribution >= 4 is 29.0 Å². The lowest BCUT2D eigenvalue weighted by atomic mass is 10.0. The molecule has 0 N–H and O–H groups in total. The van der Waals surface area contributed by atoms with E-state index in [2.05, 4.69) is 16.8 Å². The zero-order valence-corrected chi connectivity index (χ0v) is 12.7. The number of anilines is 2. The maximum atomic E-state index is 12.6. The number of fused-ring (bicyclic) bond motifs is 1. The van der Waals surface area contributed by atoms with Crippen LogP contribution in [0.1, 0.15) is 39.0 Å². The van der Waals surface area contributed by atoms with Gasteiger partial charge < -0.3 is 9.80 Å². The molecule has 1 atom stereocenters. The quantitative estimate of drug-likeness (QED) is 0.786. The van der Waals surface area contributed by atoms with E-state index >= 15 is 0 Å². The molecule has 1 fully saturated rings. The summed E-state index contributed by atoms with van der Waals surface area (Å²) in [5.74, 6) is 1.04. The first-order valence-corrected chi connectivity index (χ1v) is 7.73. The molecular weight excluding hydrogens is 274 g/mol. The van der Waals surface area contributed by atoms with E-state index in [0.717, 1.165) is 30.8 Å². The third-order valence-corrected chi connectivity index (χ3v) is 4.69. The number of halogens is 1. The minimum absolute atomic E-state index is 0.110. The predicted molar refractivity (Wildman–Crippen MR) is 81.5 cm³/mol. The smallest absolute Gasteiger partial charge is 0.249 e. The molecule has 3 rings (SSSR count). The summed E-state index contributed by atoms with van der Waals surface area (Å²) < 4.78 is 0. The molecule has 1 saturated carbocycles. The number of amides is 1. The topological polar surface area (TPSA) is 36.4 Å². The Balaban J connectivity index is 2.11. The van der Waals surface area contributed by atoms with Gasteiger partial charge in [-0.3, -0.25) is 4.79 Å². The molecule has 20 heavy (non-hydrogen) atoms. The first-order chi connectivity index (χ1) is 9.63. The van der Waals surface area contributed by atoms with Gasteiger partial charge in [-0.15, -0.1) is 0 Å². The molecule has 2 heterocycles. The molecule has 1 aromatic heterocycles. The van der Waals surface area contributed by atoms with Gasteiger partial charge in [0.2, 0.25) is 5.91 Å². The molecule has 2 aliphatic rings. The molecule has 0 bridgehead atoms. The van der Waals surface area contributed by atoms with E-state index < -0.39 is 0 Å². The fourth-order valence-electron chi connectivity index (χ4n) is 3.46. The molecule has 1 aromatic rings. The minimum atomic E-state index is -0.110. The Labute approximate surface area is 124 Å². The van der Waals surface area contributed by atoms with Gasteiger partial charge in [-0.25, -0.2) is 4.98 Å². The Kier molecular flexibility index (Phi) is 3.59. The van der Waals surface area contributed by atoms with Gasteiger partial charge >= 0.3 is 0 Å². The third kappa shape index (κ3) is 2.06. The summed E-state index contributed by atoms with van der Waals surface area (Å²) in [5, 5.41) is 0.490. The highest BCUT2D eigenvalue weighted by Crippen LogP contribution is 2.40. The van der Waals surface area contributed by atoms with Gasteiger partial charge in [-0.2, -0.15) is 0 Å². The van der Waals surface area contributed by atoms with Gasteiger partial charge in [0.05, 0.1) is 5.69 Å². The molecule has 0 aromatic carbocycles. The van der Waals surface area contributed by atoms with Gasteiger partial charge in [0.15, 0.2) is 5.82 Å². The zero-order valence-electron chi connectivity index (χ0n) is 12.0. The Bertz CT molecular complexity index is 528. The normalized spacial score (nSPS) is 23.4. The highest BCUT2D eigenvalue weighted by atomic mass is 35.5. The summed E-state index contributed by atoms with van der Waals surface area (Å²) >= 11 is 6.08. The standard InChI is InChI=1S/C15H20ClN3O/c1-3-11-15(20)18(2)12-8-9-13(16)17-14(12)19(11)10-6-4-5-7-10/h8-11H,3-7H2,1-2H3/t11-/m1/s1. The fourth-order valence-corrected chi connectivity index (χ4v) is 3.60. The molecule has 0 unspecified atom stereocenters. The maximum absolute atomic E-state index is 12.6. The number of pyridine rings is 1. The number of nitrogens with zero attached hydrogens (tertiary/aromatic N) is 3. The maximum Gasteiger partial charge on any atom is 0.249 e. The number of hydrogen-bond acceptors (Lipinski definition) is 3. The van der Waals surface area contributed by atoms with Crippen molar-refractivity contribution in [1.29, 1.82) is 0 Å². The van der Waals surface area contributed by atoms with E-state index in [0.29, 0.717) is 11.2 Å². The Hall–Kier alpha value is -1.29. The molecule has 1 amide bonds. The van der Waals surface area contributed by atoms with Crippen LogP contribution in [0.4, 0.5) is 11.5 Å². The van der Waals surface area contributed by atoms with Crippen molar-refractivity contribution in [2.24, 2.45) is 0 Å². The first-order valence-electron chi connectivity index (χ1n) is 7.36. The highest BCUT2D eigenvalue weighted by molar-refractivity contribution is 6.29. The highest BCUT2D eigenvalue weighted by Gasteiger charge is 2.40.